The van der Waals surface area contributed by atoms with Gasteiger partial charge in [0.25, 0.3) is 6.43 Å². The van der Waals surface area contributed by atoms with Crippen LogP contribution in [0.1, 0.15) is 36.1 Å². The number of carboxylic acids is 1. The molecule has 0 aliphatic carbocycles. The second-order valence-corrected chi connectivity index (χ2v) is 6.54. The number of hydrogen-bond donors (Lipinski definition) is 2. The van der Waals surface area contributed by atoms with Crippen molar-refractivity contribution in [2.24, 2.45) is 0 Å². The van der Waals surface area contributed by atoms with Crippen molar-refractivity contribution in [2.45, 2.75) is 19.4 Å². The lowest BCUT2D eigenvalue weighted by Gasteiger charge is -2.37. The molecule has 2 N–H and O–H groups in total. The Bertz CT molecular complexity index is 1010. The fourth-order valence-corrected chi connectivity index (χ4v) is 3.49. The van der Waals surface area contributed by atoms with Crippen LogP contribution >= 0.6 is 12.2 Å². The molecule has 0 bridgehead atoms. The van der Waals surface area contributed by atoms with E-state index in [9.17, 15) is 18.7 Å². The molecule has 0 spiro atoms. The Morgan fingerprint density at radius 3 is 2.54 bits per heavy atom. The van der Waals surface area contributed by atoms with Gasteiger partial charge in [-0.3, -0.25) is 4.90 Å². The number of aliphatic carboxylic acids is 1. The Hall–Kier alpha value is -3.31. The number of allylic oxidation sites excluding steroid dienone is 1. The highest BCUT2D eigenvalue weighted by Gasteiger charge is 2.34. The van der Waals surface area contributed by atoms with E-state index >= 15 is 0 Å². The first-order valence-corrected chi connectivity index (χ1v) is 8.67. The molecule has 1 atom stereocenters. The molecule has 1 aliphatic heterocycles. The molecule has 1 heterocycles. The maximum Gasteiger partial charge on any atom is 0.335 e. The van der Waals surface area contributed by atoms with E-state index in [0.29, 0.717) is 22.5 Å². The van der Waals surface area contributed by atoms with Crippen LogP contribution in [0.5, 0.6) is 0 Å². The highest BCUT2D eigenvalue weighted by atomic mass is 32.1. The average molecular weight is 399 g/mol. The van der Waals surface area contributed by atoms with Gasteiger partial charge in [0, 0.05) is 16.9 Å². The van der Waals surface area contributed by atoms with Gasteiger partial charge >= 0.3 is 5.97 Å². The van der Waals surface area contributed by atoms with Crippen LogP contribution in [0.2, 0.25) is 0 Å². The SMILES string of the molecule is CC1=C(C(=O)O)C(c2ccc(C#N)cc2)NC(=S)N1c1cccc(C(F)F)c1. The summed E-state index contributed by atoms with van der Waals surface area (Å²) < 4.78 is 26.1. The van der Waals surface area contributed by atoms with Gasteiger partial charge in [0.05, 0.1) is 23.2 Å². The van der Waals surface area contributed by atoms with Crippen LogP contribution in [-0.4, -0.2) is 16.2 Å². The smallest absolute Gasteiger partial charge is 0.335 e. The van der Waals surface area contributed by atoms with E-state index in [0.717, 1.165) is 0 Å². The van der Waals surface area contributed by atoms with Crippen molar-refractivity contribution in [3.8, 4) is 6.07 Å². The van der Waals surface area contributed by atoms with Gasteiger partial charge in [-0.1, -0.05) is 24.3 Å². The van der Waals surface area contributed by atoms with Crippen LogP contribution < -0.4 is 10.2 Å². The number of nitriles is 1. The van der Waals surface area contributed by atoms with E-state index in [1.807, 2.05) is 6.07 Å². The fourth-order valence-electron chi connectivity index (χ4n) is 3.13. The van der Waals surface area contributed by atoms with Crippen molar-refractivity contribution >= 4 is 29.0 Å². The molecule has 142 valence electrons. The van der Waals surface area contributed by atoms with Crippen molar-refractivity contribution in [1.29, 1.82) is 5.26 Å². The lowest BCUT2D eigenvalue weighted by atomic mass is 9.94. The predicted octanol–water partition coefficient (Wildman–Crippen LogP) is 4.29. The van der Waals surface area contributed by atoms with Gasteiger partial charge in [-0.15, -0.1) is 0 Å². The number of alkyl halides is 2. The molecule has 1 unspecified atom stereocenters. The summed E-state index contributed by atoms with van der Waals surface area (Å²) in [7, 11) is 0. The minimum Gasteiger partial charge on any atom is -0.478 e. The highest BCUT2D eigenvalue weighted by molar-refractivity contribution is 7.80. The van der Waals surface area contributed by atoms with Crippen LogP contribution in [-0.2, 0) is 4.79 Å². The number of rotatable bonds is 4. The summed E-state index contributed by atoms with van der Waals surface area (Å²) in [5.41, 5.74) is 1.62. The molecule has 0 aromatic heterocycles. The Kier molecular flexibility index (Phi) is 5.38. The molecule has 0 saturated carbocycles. The molecule has 3 rings (SSSR count). The third kappa shape index (κ3) is 3.57. The molecule has 2 aromatic rings. The van der Waals surface area contributed by atoms with Gasteiger partial charge in [-0.2, -0.15) is 5.26 Å². The second kappa shape index (κ2) is 7.74. The molecule has 0 radical (unpaired) electrons. The first-order valence-electron chi connectivity index (χ1n) is 8.26. The standard InChI is InChI=1S/C20H15F2N3O2S/c1-11-16(19(26)27)17(13-7-5-12(10-23)6-8-13)24-20(28)25(11)15-4-2-3-14(9-15)18(21)22/h2-9,17-18H,1H3,(H,24,28)(H,26,27). The number of anilines is 1. The van der Waals surface area contributed by atoms with E-state index in [4.69, 9.17) is 17.5 Å². The minimum absolute atomic E-state index is 0.0424. The lowest BCUT2D eigenvalue weighted by Crippen LogP contribution is -2.47. The fraction of sp³-hybridized carbons (Fsp3) is 0.150. The van der Waals surface area contributed by atoms with Crippen LogP contribution in [0.4, 0.5) is 14.5 Å². The number of carbonyl (C=O) groups is 1. The van der Waals surface area contributed by atoms with Gasteiger partial charge in [0.2, 0.25) is 0 Å². The van der Waals surface area contributed by atoms with Crippen molar-refractivity contribution in [1.82, 2.24) is 5.32 Å². The van der Waals surface area contributed by atoms with Crippen molar-refractivity contribution in [2.75, 3.05) is 4.90 Å². The number of nitrogens with one attached hydrogen (secondary N) is 1. The quantitative estimate of drug-likeness (QED) is 0.747. The molecule has 5 nitrogen and oxygen atoms in total. The number of nitrogens with zero attached hydrogens (tertiary/aromatic N) is 2. The maximum atomic E-state index is 13.1. The Morgan fingerprint density at radius 2 is 1.96 bits per heavy atom. The molecular formula is C20H15F2N3O2S. The number of carboxylic acid groups (broad SMARTS) is 1. The molecule has 1 aliphatic rings. The summed E-state index contributed by atoms with van der Waals surface area (Å²) in [5, 5.41) is 21.9. The second-order valence-electron chi connectivity index (χ2n) is 6.15. The van der Waals surface area contributed by atoms with Gasteiger partial charge in [0.15, 0.2) is 5.11 Å². The van der Waals surface area contributed by atoms with Crippen LogP contribution in [0.3, 0.4) is 0 Å². The van der Waals surface area contributed by atoms with Gasteiger partial charge in [-0.05, 0) is 49.0 Å². The number of thiocarbonyl (C=S) groups is 1. The highest BCUT2D eigenvalue weighted by Crippen LogP contribution is 2.34. The topological polar surface area (TPSA) is 76.4 Å². The van der Waals surface area contributed by atoms with E-state index < -0.39 is 18.4 Å². The first kappa shape index (κ1) is 19.5. The van der Waals surface area contributed by atoms with E-state index in [1.54, 1.807) is 37.3 Å². The number of hydrogen-bond acceptors (Lipinski definition) is 3. The van der Waals surface area contributed by atoms with Crippen LogP contribution in [0.25, 0.3) is 0 Å². The lowest BCUT2D eigenvalue weighted by molar-refractivity contribution is -0.133. The first-order chi connectivity index (χ1) is 13.3. The normalized spacial score (nSPS) is 16.8. The molecule has 8 heteroatoms. The molecule has 0 amide bonds. The van der Waals surface area contributed by atoms with Crippen molar-refractivity contribution in [3.05, 3.63) is 76.5 Å². The molecule has 0 fully saturated rings. The largest absolute Gasteiger partial charge is 0.478 e. The van der Waals surface area contributed by atoms with E-state index in [-0.39, 0.29) is 16.2 Å². The van der Waals surface area contributed by atoms with E-state index in [1.165, 1.54) is 23.1 Å². The van der Waals surface area contributed by atoms with Crippen molar-refractivity contribution < 1.29 is 18.7 Å². The zero-order valence-corrected chi connectivity index (χ0v) is 15.5. The molecular weight excluding hydrogens is 384 g/mol. The zero-order valence-electron chi connectivity index (χ0n) is 14.7. The Labute approximate surface area is 165 Å². The summed E-state index contributed by atoms with van der Waals surface area (Å²) in [6, 6.07) is 13.4. The third-order valence-corrected chi connectivity index (χ3v) is 4.77. The molecule has 2 aromatic carbocycles. The predicted molar refractivity (Wildman–Crippen MR) is 104 cm³/mol. The monoisotopic (exact) mass is 399 g/mol. The maximum absolute atomic E-state index is 13.1. The Balaban J connectivity index is 2.09. The molecule has 28 heavy (non-hydrogen) atoms. The summed E-state index contributed by atoms with van der Waals surface area (Å²) in [6.45, 7) is 1.59. The van der Waals surface area contributed by atoms with Crippen LogP contribution in [0.15, 0.2) is 59.8 Å². The van der Waals surface area contributed by atoms with E-state index in [2.05, 4.69) is 5.32 Å². The zero-order chi connectivity index (χ0) is 20.4. The summed E-state index contributed by atoms with van der Waals surface area (Å²) in [6.07, 6.45) is -2.65. The minimum atomic E-state index is -2.65. The summed E-state index contributed by atoms with van der Waals surface area (Å²) in [4.78, 5) is 13.4. The number of halogens is 2. The Morgan fingerprint density at radius 1 is 1.29 bits per heavy atom. The average Bonchev–Trinajstić information content (AvgIpc) is 2.67. The molecule has 0 saturated heterocycles. The van der Waals surface area contributed by atoms with Gasteiger partial charge < -0.3 is 10.4 Å². The van der Waals surface area contributed by atoms with Crippen molar-refractivity contribution in [3.63, 3.8) is 0 Å². The third-order valence-electron chi connectivity index (χ3n) is 4.47. The summed E-state index contributed by atoms with van der Waals surface area (Å²) >= 11 is 5.41. The van der Waals surface area contributed by atoms with Gasteiger partial charge in [-0.25, -0.2) is 13.6 Å². The number of benzene rings is 2. The van der Waals surface area contributed by atoms with Gasteiger partial charge in [0.1, 0.15) is 0 Å². The van der Waals surface area contributed by atoms with Crippen LogP contribution in [0, 0.1) is 11.3 Å². The summed E-state index contributed by atoms with van der Waals surface area (Å²) in [5.74, 6) is -1.16.